The van der Waals surface area contributed by atoms with Crippen molar-refractivity contribution in [1.82, 2.24) is 29.5 Å². The number of nitrogens with zero attached hydrogens (tertiary/aromatic N) is 5. The Bertz CT molecular complexity index is 1370. The van der Waals surface area contributed by atoms with Crippen molar-refractivity contribution in [3.8, 4) is 0 Å². The van der Waals surface area contributed by atoms with Gasteiger partial charge in [-0.1, -0.05) is 6.07 Å². The zero-order chi connectivity index (χ0) is 27.9. The molecule has 9 nitrogen and oxygen atoms in total. The van der Waals surface area contributed by atoms with E-state index >= 15 is 0 Å². The van der Waals surface area contributed by atoms with Crippen LogP contribution in [0.4, 0.5) is 4.79 Å². The highest BCUT2D eigenvalue weighted by atomic mass is 16.6. The van der Waals surface area contributed by atoms with E-state index in [0.29, 0.717) is 25.6 Å². The molecule has 1 saturated carbocycles. The summed E-state index contributed by atoms with van der Waals surface area (Å²) in [4.78, 5) is 40.0. The zero-order valence-electron chi connectivity index (χ0n) is 23.9. The second-order valence-corrected chi connectivity index (χ2v) is 12.4. The highest BCUT2D eigenvalue weighted by molar-refractivity contribution is 5.84. The van der Waals surface area contributed by atoms with Gasteiger partial charge in [-0.25, -0.2) is 9.78 Å². The Hall–Kier alpha value is -3.46. The predicted molar refractivity (Wildman–Crippen MR) is 149 cm³/mol. The van der Waals surface area contributed by atoms with Crippen molar-refractivity contribution < 1.29 is 14.3 Å². The van der Waals surface area contributed by atoms with Crippen LogP contribution < -0.4 is 5.32 Å². The van der Waals surface area contributed by atoms with E-state index in [1.807, 2.05) is 82.7 Å². The fourth-order valence-electron chi connectivity index (χ4n) is 5.25. The van der Waals surface area contributed by atoms with Crippen molar-refractivity contribution in [2.75, 3.05) is 19.6 Å². The third-order valence-electron chi connectivity index (χ3n) is 7.45. The van der Waals surface area contributed by atoms with E-state index in [1.165, 1.54) is 12.8 Å². The fraction of sp³-hybridized carbons (Fsp3) is 0.533. The average Bonchev–Trinajstić information content (AvgIpc) is 3.61. The number of aromatic nitrogens is 3. The molecular formula is C30H40N6O3. The number of fused-ring (bicyclic) bond motifs is 1. The van der Waals surface area contributed by atoms with Gasteiger partial charge in [-0.2, -0.15) is 0 Å². The number of hydrogen-bond acceptors (Lipinski definition) is 6. The number of piperazine rings is 1. The van der Waals surface area contributed by atoms with Crippen molar-refractivity contribution in [3.63, 3.8) is 0 Å². The van der Waals surface area contributed by atoms with Crippen LogP contribution in [0.5, 0.6) is 0 Å². The fourth-order valence-corrected chi connectivity index (χ4v) is 5.25. The lowest BCUT2D eigenvalue weighted by atomic mass is 10.0. The summed E-state index contributed by atoms with van der Waals surface area (Å²) in [6.07, 6.45) is 7.66. The van der Waals surface area contributed by atoms with Gasteiger partial charge in [0.25, 0.3) is 0 Å². The number of hydrogen-bond donors (Lipinski definition) is 1. The monoisotopic (exact) mass is 532 g/mol. The van der Waals surface area contributed by atoms with Crippen LogP contribution in [0.2, 0.25) is 0 Å². The number of carbonyl (C=O) groups is 2. The van der Waals surface area contributed by atoms with Crippen LogP contribution in [0.25, 0.3) is 5.52 Å². The molecule has 39 heavy (non-hydrogen) atoms. The summed E-state index contributed by atoms with van der Waals surface area (Å²) in [5.74, 6) is 1.17. The second-order valence-electron chi connectivity index (χ2n) is 12.4. The summed E-state index contributed by atoms with van der Waals surface area (Å²) in [6, 6.07) is 7.67. The third kappa shape index (κ3) is 6.08. The first kappa shape index (κ1) is 27.1. The van der Waals surface area contributed by atoms with Gasteiger partial charge in [0, 0.05) is 50.2 Å². The molecule has 1 N–H and O–H groups in total. The average molecular weight is 533 g/mol. The molecule has 208 valence electrons. The van der Waals surface area contributed by atoms with Crippen LogP contribution in [-0.2, 0) is 21.6 Å². The number of rotatable bonds is 6. The van der Waals surface area contributed by atoms with Gasteiger partial charge in [-0.3, -0.25) is 14.7 Å². The van der Waals surface area contributed by atoms with E-state index in [-0.39, 0.29) is 12.5 Å². The van der Waals surface area contributed by atoms with Crippen LogP contribution in [0, 0.1) is 6.92 Å². The van der Waals surface area contributed by atoms with Crippen molar-refractivity contribution in [2.24, 2.45) is 0 Å². The van der Waals surface area contributed by atoms with Gasteiger partial charge in [-0.05, 0) is 83.7 Å². The van der Waals surface area contributed by atoms with E-state index < -0.39 is 23.3 Å². The minimum Gasteiger partial charge on any atom is -0.444 e. The van der Waals surface area contributed by atoms with Crippen molar-refractivity contribution in [3.05, 3.63) is 65.5 Å². The van der Waals surface area contributed by atoms with Crippen molar-refractivity contribution in [2.45, 2.75) is 84.0 Å². The van der Waals surface area contributed by atoms with E-state index in [1.54, 1.807) is 4.90 Å². The Morgan fingerprint density at radius 2 is 1.87 bits per heavy atom. The van der Waals surface area contributed by atoms with Crippen LogP contribution >= 0.6 is 0 Å². The maximum absolute atomic E-state index is 14.0. The number of carbonyl (C=O) groups excluding carboxylic acids is 2. The Kier molecular flexibility index (Phi) is 7.13. The first-order valence-electron chi connectivity index (χ1n) is 13.8. The van der Waals surface area contributed by atoms with Crippen LogP contribution in [-0.4, -0.2) is 67.4 Å². The van der Waals surface area contributed by atoms with Crippen molar-refractivity contribution >= 4 is 17.5 Å². The normalized spacial score (nSPS) is 18.8. The molecule has 2 fully saturated rings. The molecule has 4 heterocycles. The van der Waals surface area contributed by atoms with Gasteiger partial charge in [0.05, 0.1) is 17.3 Å². The summed E-state index contributed by atoms with van der Waals surface area (Å²) >= 11 is 0. The topological polar surface area (TPSA) is 92.1 Å². The predicted octanol–water partition coefficient (Wildman–Crippen LogP) is 4.39. The van der Waals surface area contributed by atoms with E-state index in [4.69, 9.17) is 4.74 Å². The largest absolute Gasteiger partial charge is 0.444 e. The number of pyridine rings is 2. The van der Waals surface area contributed by atoms with Gasteiger partial charge in [-0.15, -0.1) is 0 Å². The van der Waals surface area contributed by atoms with Gasteiger partial charge in [0.1, 0.15) is 17.5 Å². The number of nitrogens with one attached hydrogen (secondary N) is 1. The molecule has 2 amide bonds. The molecule has 0 bridgehead atoms. The molecule has 0 radical (unpaired) electrons. The lowest BCUT2D eigenvalue weighted by molar-refractivity contribution is -0.130. The molecule has 2 aliphatic rings. The first-order valence-corrected chi connectivity index (χ1v) is 13.8. The van der Waals surface area contributed by atoms with Gasteiger partial charge < -0.3 is 19.4 Å². The quantitative estimate of drug-likeness (QED) is 0.506. The molecule has 0 aromatic carbocycles. The molecule has 1 atom stereocenters. The number of aryl methyl sites for hydroxylation is 1. The molecule has 1 saturated heterocycles. The zero-order valence-corrected chi connectivity index (χ0v) is 23.9. The molecule has 0 spiro atoms. The molecule has 3 aromatic rings. The van der Waals surface area contributed by atoms with E-state index in [0.717, 1.165) is 28.2 Å². The highest BCUT2D eigenvalue weighted by Crippen LogP contribution is 2.39. The molecule has 9 heteroatoms. The summed E-state index contributed by atoms with van der Waals surface area (Å²) in [5, 5.41) is 3.25. The van der Waals surface area contributed by atoms with E-state index in [2.05, 4.69) is 26.3 Å². The summed E-state index contributed by atoms with van der Waals surface area (Å²) in [6.45, 7) is 13.4. The number of amides is 2. The number of ether oxygens (including phenoxy) is 1. The van der Waals surface area contributed by atoms with Gasteiger partial charge >= 0.3 is 6.09 Å². The Morgan fingerprint density at radius 1 is 1.10 bits per heavy atom. The summed E-state index contributed by atoms with van der Waals surface area (Å²) in [7, 11) is 0. The van der Waals surface area contributed by atoms with Gasteiger partial charge in [0.15, 0.2) is 0 Å². The van der Waals surface area contributed by atoms with Crippen LogP contribution in [0.15, 0.2) is 42.9 Å². The van der Waals surface area contributed by atoms with Gasteiger partial charge in [0.2, 0.25) is 5.91 Å². The first-order chi connectivity index (χ1) is 18.4. The maximum atomic E-state index is 14.0. The molecule has 3 aromatic heterocycles. The molecule has 1 aliphatic heterocycles. The number of imidazole rings is 1. The smallest absolute Gasteiger partial charge is 0.410 e. The maximum Gasteiger partial charge on any atom is 0.410 e. The SMILES string of the molecule is Cc1cccn2c(C(C)(C)NC(=O)[C@@H]3CN(C(=O)OC(C)(C)C)CCN3Cc3ccnc(C4CC4)c3)ncc12. The molecular weight excluding hydrogens is 492 g/mol. The minimum atomic E-state index is -0.743. The standard InChI is InChI=1S/C30H40N6O3/c1-20-8-7-13-36-24(20)17-32-27(36)30(5,6)33-26(37)25-19-35(28(38)39-29(2,3)4)15-14-34(25)18-21-11-12-31-23(16-21)22-9-10-22/h7-8,11-13,16-17,22,25H,9-10,14-15,18-19H2,1-6H3,(H,33,37)/t25-/m0/s1. The highest BCUT2D eigenvalue weighted by Gasteiger charge is 2.39. The summed E-state index contributed by atoms with van der Waals surface area (Å²) < 4.78 is 7.67. The molecule has 1 aliphatic carbocycles. The van der Waals surface area contributed by atoms with E-state index in [9.17, 15) is 9.59 Å². The Labute approximate surface area is 230 Å². The van der Waals surface area contributed by atoms with Crippen molar-refractivity contribution in [1.29, 1.82) is 0 Å². The summed E-state index contributed by atoms with van der Waals surface area (Å²) in [5.41, 5.74) is 3.03. The second kappa shape index (κ2) is 10.3. The minimum absolute atomic E-state index is 0.144. The lowest BCUT2D eigenvalue weighted by Crippen LogP contribution is -2.61. The van der Waals surface area contributed by atoms with Crippen LogP contribution in [0.3, 0.4) is 0 Å². The molecule has 5 rings (SSSR count). The Morgan fingerprint density at radius 3 is 2.59 bits per heavy atom. The third-order valence-corrected chi connectivity index (χ3v) is 7.45. The molecule has 0 unspecified atom stereocenters. The Balaban J connectivity index is 1.38. The van der Waals surface area contributed by atoms with Crippen LogP contribution in [0.1, 0.15) is 76.0 Å². The lowest BCUT2D eigenvalue weighted by Gasteiger charge is -2.41.